The van der Waals surface area contributed by atoms with Gasteiger partial charge in [0.05, 0.1) is 0 Å². The summed E-state index contributed by atoms with van der Waals surface area (Å²) in [5, 5.41) is 7.61. The largest absolute Gasteiger partial charge is 2.00 e. The van der Waals surface area contributed by atoms with Crippen LogP contribution in [0.25, 0.3) is 22.6 Å². The molecule has 2 aliphatic heterocycles. The van der Waals surface area contributed by atoms with Crippen LogP contribution in [0.3, 0.4) is 0 Å². The van der Waals surface area contributed by atoms with Crippen molar-refractivity contribution in [3.63, 3.8) is 0 Å². The second-order valence-electron chi connectivity index (χ2n) is 18.2. The molecule has 10 rings (SSSR count). The van der Waals surface area contributed by atoms with Gasteiger partial charge in [-0.1, -0.05) is 189 Å². The molecule has 0 saturated carbocycles. The molecule has 0 radical (unpaired) electrons. The van der Waals surface area contributed by atoms with Crippen LogP contribution in [-0.4, -0.2) is 13.6 Å². The van der Waals surface area contributed by atoms with Crippen LogP contribution in [0.2, 0.25) is 0 Å². The van der Waals surface area contributed by atoms with Crippen LogP contribution < -0.4 is 50.8 Å². The molecule has 2 aliphatic rings. The standard InChI is InChI=1S/C46H44O4P2.C14H14N2.2ClH.Ru/c1-27-13-28(2)18-35(17-27)51(36-19-29(3)14-30(4)20-36)41-11-9-39-45(49-25-47-39)43(41)44-42(12-10-40-46(44)50-26-48-40)52(37-21-31(5)15-32(6)22-37)38-23-33(7)16-34(8)24-38;15-13(11-7-3-1-4-8-11)14(16)12-9-5-2-6-10-12;;;/h9-24H,25-26H2,1-8H3;1-10,13-16H;2*1H;/q;-2;;;+2. The van der Waals surface area contributed by atoms with Crippen LogP contribution in [-0.2, 0) is 19.5 Å². The smallest absolute Gasteiger partial charge is 0.672 e. The third-order valence-corrected chi connectivity index (χ3v) is 17.1. The minimum Gasteiger partial charge on any atom is -0.672 e. The number of hydrogen-bond donors (Lipinski definition) is 0. The molecule has 0 aliphatic carbocycles. The van der Waals surface area contributed by atoms with Gasteiger partial charge in [-0.25, -0.2) is 0 Å². The number of aryl methyl sites for hydroxylation is 8. The second-order valence-corrected chi connectivity index (χ2v) is 22.6. The summed E-state index contributed by atoms with van der Waals surface area (Å²) in [5.41, 5.74) is 30.0. The van der Waals surface area contributed by atoms with Crippen LogP contribution in [0.1, 0.15) is 67.7 Å². The van der Waals surface area contributed by atoms with Crippen molar-refractivity contribution in [2.45, 2.75) is 67.5 Å². The van der Waals surface area contributed by atoms with E-state index in [-0.39, 0.29) is 57.9 Å². The first-order chi connectivity index (χ1) is 32.8. The Morgan fingerprint density at radius 2 is 0.634 bits per heavy atom. The molecule has 2 atom stereocenters. The van der Waals surface area contributed by atoms with Gasteiger partial charge in [-0.15, -0.1) is 36.9 Å². The topological polar surface area (TPSA) is 84.5 Å². The Hall–Kier alpha value is -5.06. The van der Waals surface area contributed by atoms with Crippen LogP contribution in [0.4, 0.5) is 0 Å². The summed E-state index contributed by atoms with van der Waals surface area (Å²) in [7, 11) is -2.11. The molecule has 8 aromatic rings. The number of hydrogen-bond acceptors (Lipinski definition) is 4. The van der Waals surface area contributed by atoms with Gasteiger partial charge in [-0.05, 0) is 127 Å². The Balaban J connectivity index is 0.000000371. The van der Waals surface area contributed by atoms with Crippen LogP contribution in [0.5, 0.6) is 23.0 Å². The molecule has 0 amide bonds. The molecular formula is C60H60Cl2N2O4P2Ru. The summed E-state index contributed by atoms with van der Waals surface area (Å²) >= 11 is 0. The molecule has 0 saturated heterocycles. The molecular weight excluding hydrogens is 1050 g/mol. The molecule has 2 unspecified atom stereocenters. The Kier molecular flexibility index (Phi) is 18.8. The van der Waals surface area contributed by atoms with Gasteiger partial charge in [0.25, 0.3) is 0 Å². The fourth-order valence-electron chi connectivity index (χ4n) is 9.66. The summed E-state index contributed by atoms with van der Waals surface area (Å²) in [5.74, 6) is 3.03. The Labute approximate surface area is 448 Å². The van der Waals surface area contributed by atoms with Crippen molar-refractivity contribution in [2.24, 2.45) is 0 Å². The predicted octanol–water partition coefficient (Wildman–Crippen LogP) is 14.2. The molecule has 0 spiro atoms. The minimum atomic E-state index is -1.05. The first-order valence-electron chi connectivity index (χ1n) is 23.1. The molecule has 0 bridgehead atoms. The predicted molar refractivity (Wildman–Crippen MR) is 301 cm³/mol. The minimum absolute atomic E-state index is 0. The van der Waals surface area contributed by atoms with E-state index in [2.05, 4.69) is 152 Å². The van der Waals surface area contributed by atoms with Gasteiger partial charge in [0, 0.05) is 11.1 Å². The Morgan fingerprint density at radius 3 is 0.901 bits per heavy atom. The third-order valence-electron chi connectivity index (χ3n) is 12.3. The van der Waals surface area contributed by atoms with Crippen molar-refractivity contribution in [3.05, 3.63) is 225 Å². The number of nitrogens with one attached hydrogen (secondary N) is 2. The first kappa shape index (κ1) is 55.3. The summed E-state index contributed by atoms with van der Waals surface area (Å²) in [6.45, 7) is 17.9. The zero-order chi connectivity index (χ0) is 47.6. The van der Waals surface area contributed by atoms with Crippen molar-refractivity contribution >= 4 is 72.5 Å². The van der Waals surface area contributed by atoms with Crippen molar-refractivity contribution in [2.75, 3.05) is 13.6 Å². The quantitative estimate of drug-likeness (QED) is 0.101. The summed E-state index contributed by atoms with van der Waals surface area (Å²) in [4.78, 5) is 0. The molecule has 0 aromatic heterocycles. The maximum absolute atomic E-state index is 8.07. The number of benzene rings is 8. The maximum Gasteiger partial charge on any atom is 2.00 e. The van der Waals surface area contributed by atoms with Gasteiger partial charge in [-0.3, -0.25) is 0 Å². The van der Waals surface area contributed by atoms with Crippen LogP contribution in [0, 0.1) is 55.4 Å². The van der Waals surface area contributed by atoms with Crippen LogP contribution >= 0.6 is 40.7 Å². The molecule has 6 nitrogen and oxygen atoms in total. The van der Waals surface area contributed by atoms with Gasteiger partial charge in [0.1, 0.15) is 0 Å². The summed E-state index contributed by atoms with van der Waals surface area (Å²) in [6.07, 6.45) is 0. The second kappa shape index (κ2) is 24.1. The number of rotatable bonds is 10. The van der Waals surface area contributed by atoms with E-state index < -0.39 is 27.9 Å². The van der Waals surface area contributed by atoms with E-state index in [1.165, 1.54) is 76.3 Å². The maximum atomic E-state index is 8.07. The molecule has 71 heavy (non-hydrogen) atoms. The third kappa shape index (κ3) is 12.2. The normalized spacial score (nSPS) is 12.8. The Morgan fingerprint density at radius 1 is 0.366 bits per heavy atom. The summed E-state index contributed by atoms with van der Waals surface area (Å²) < 4.78 is 25.4. The molecule has 2 heterocycles. The summed E-state index contributed by atoms with van der Waals surface area (Å²) in [6, 6.07) is 54.7. The van der Waals surface area contributed by atoms with Crippen molar-refractivity contribution < 1.29 is 38.4 Å². The molecule has 366 valence electrons. The zero-order valence-electron chi connectivity index (χ0n) is 41.3. The van der Waals surface area contributed by atoms with E-state index >= 15 is 0 Å². The zero-order valence-corrected chi connectivity index (χ0v) is 46.4. The van der Waals surface area contributed by atoms with Crippen molar-refractivity contribution in [1.29, 1.82) is 0 Å². The number of halogens is 2. The monoisotopic (exact) mass is 1110 g/mol. The van der Waals surface area contributed by atoms with Crippen molar-refractivity contribution in [3.8, 4) is 34.1 Å². The van der Waals surface area contributed by atoms with E-state index in [4.69, 9.17) is 30.4 Å². The SMILES string of the molecule is Cc1cc(C)cc(P(c2cc(C)cc(C)c2)c2ccc3c(c2-c2c(P(c4cc(C)cc(C)c4)c4cc(C)cc(C)c4)ccc4c2OCO4)OCO3)c1.Cl.Cl.[NH-]C(c1ccccc1)C([NH-])c1ccccc1.[Ru+2]. The van der Waals surface area contributed by atoms with Gasteiger partial charge in [0.15, 0.2) is 23.0 Å². The van der Waals surface area contributed by atoms with E-state index in [1.54, 1.807) is 0 Å². The number of fused-ring (bicyclic) bond motifs is 2. The van der Waals surface area contributed by atoms with Gasteiger partial charge >= 0.3 is 19.5 Å². The van der Waals surface area contributed by atoms with Gasteiger partial charge < -0.3 is 30.4 Å². The molecule has 0 fully saturated rings. The van der Waals surface area contributed by atoms with Gasteiger partial charge in [0.2, 0.25) is 13.6 Å². The number of ether oxygens (including phenoxy) is 4. The molecule has 11 heteroatoms. The average Bonchev–Trinajstić information content (AvgIpc) is 3.99. The van der Waals surface area contributed by atoms with E-state index in [1.807, 2.05) is 60.7 Å². The molecule has 8 aromatic carbocycles. The first-order valence-corrected chi connectivity index (χ1v) is 25.8. The van der Waals surface area contributed by atoms with Crippen LogP contribution in [0.15, 0.2) is 158 Å². The van der Waals surface area contributed by atoms with E-state index in [9.17, 15) is 0 Å². The fraction of sp³-hybridized carbons (Fsp3) is 0.200. The molecule has 2 N–H and O–H groups in total. The van der Waals surface area contributed by atoms with E-state index in [0.717, 1.165) is 45.3 Å². The van der Waals surface area contributed by atoms with Gasteiger partial charge in [-0.2, -0.15) is 0 Å². The Bertz CT molecular complexity index is 2750. The van der Waals surface area contributed by atoms with Crippen molar-refractivity contribution in [1.82, 2.24) is 0 Å². The average molecular weight is 1110 g/mol. The van der Waals surface area contributed by atoms with E-state index in [0.29, 0.717) is 0 Å². The fourth-order valence-corrected chi connectivity index (χ4v) is 15.4.